The highest BCUT2D eigenvalue weighted by atomic mass is 16.7. The lowest BCUT2D eigenvalue weighted by Crippen LogP contribution is -2.60. The van der Waals surface area contributed by atoms with Gasteiger partial charge in [0.25, 0.3) is 0 Å². The second kappa shape index (κ2) is 39.6. The van der Waals surface area contributed by atoms with Crippen LogP contribution in [0.1, 0.15) is 159 Å². The molecule has 24 atom stereocenters. The highest BCUT2D eigenvalue weighted by molar-refractivity contribution is 6.01. The maximum atomic E-state index is 14.8. The molecular weight excluding hydrogens is 1480 g/mol. The first-order valence-corrected chi connectivity index (χ1v) is 39.8. The van der Waals surface area contributed by atoms with Gasteiger partial charge in [0, 0.05) is 93.9 Å². The molecule has 632 valence electrons. The zero-order valence-electron chi connectivity index (χ0n) is 70.4. The number of benzene rings is 1. The van der Waals surface area contributed by atoms with Crippen LogP contribution in [-0.4, -0.2) is 253 Å². The molecule has 3 aromatic heterocycles. The molecular formula is C85H121N9O21. The molecule has 5 aliphatic heterocycles. The minimum atomic E-state index is -1.80. The number of methoxy groups -OCH3 is 2. The topological polar surface area (TPSA) is 347 Å². The van der Waals surface area contributed by atoms with Crippen molar-refractivity contribution in [2.24, 2.45) is 41.4 Å². The van der Waals surface area contributed by atoms with Crippen molar-refractivity contribution in [2.45, 2.75) is 257 Å². The molecule has 4 aromatic rings. The molecule has 0 saturated carbocycles. The van der Waals surface area contributed by atoms with E-state index in [1.165, 1.54) is 65.0 Å². The van der Waals surface area contributed by atoms with E-state index in [1.54, 1.807) is 129 Å². The number of ether oxygens (including phenoxy) is 11. The van der Waals surface area contributed by atoms with E-state index in [4.69, 9.17) is 52.1 Å². The van der Waals surface area contributed by atoms with E-state index in [9.17, 15) is 48.3 Å². The highest BCUT2D eigenvalue weighted by Gasteiger charge is 2.62. The van der Waals surface area contributed by atoms with E-state index in [-0.39, 0.29) is 73.7 Å². The van der Waals surface area contributed by atoms with Crippen molar-refractivity contribution in [1.82, 2.24) is 43.8 Å². The second-order valence-corrected chi connectivity index (χ2v) is 32.4. The summed E-state index contributed by atoms with van der Waals surface area (Å²) in [5.41, 5.74) is -4.14. The van der Waals surface area contributed by atoms with E-state index in [0.717, 1.165) is 4.57 Å². The summed E-state index contributed by atoms with van der Waals surface area (Å²) in [7, 11) is 10.4. The van der Waals surface area contributed by atoms with Crippen molar-refractivity contribution in [1.29, 1.82) is 0 Å². The van der Waals surface area contributed by atoms with E-state index < -0.39 is 161 Å². The van der Waals surface area contributed by atoms with Gasteiger partial charge in [0.1, 0.15) is 53.6 Å². The summed E-state index contributed by atoms with van der Waals surface area (Å²) < 4.78 is 71.7. The molecule has 1 N–H and O–H groups in total. The van der Waals surface area contributed by atoms with Crippen molar-refractivity contribution in [3.63, 3.8) is 0 Å². The van der Waals surface area contributed by atoms with Crippen LogP contribution < -0.4 is 0 Å². The number of amides is 1. The number of rotatable bonds is 21. The van der Waals surface area contributed by atoms with Crippen LogP contribution in [0.3, 0.4) is 0 Å². The number of cyclic esters (lactones) is 2. The number of ketones is 4. The number of aliphatic hydroxyl groups is 1. The summed E-state index contributed by atoms with van der Waals surface area (Å²) in [6.45, 7) is 32.6. The summed E-state index contributed by atoms with van der Waals surface area (Å²) in [4.78, 5) is 149. The number of likely N-dealkylation sites (N-methyl/N-ethyl adjacent to an activating group) is 2. The number of nitrogens with zero attached hydrogens (tertiary/aromatic N) is 9. The van der Waals surface area contributed by atoms with Gasteiger partial charge in [-0.05, 0) is 164 Å². The number of allylic oxidation sites excluding steroid dienone is 1. The first-order chi connectivity index (χ1) is 54.3. The Morgan fingerprint density at radius 3 is 1.77 bits per heavy atom. The van der Waals surface area contributed by atoms with Crippen LogP contribution in [0.2, 0.25) is 0 Å². The number of aryl methyl sites for hydroxylation is 1. The van der Waals surface area contributed by atoms with Gasteiger partial charge in [-0.2, -0.15) is 0 Å². The van der Waals surface area contributed by atoms with Crippen molar-refractivity contribution in [2.75, 3.05) is 49.0 Å². The highest BCUT2D eigenvalue weighted by Crippen LogP contribution is 2.46. The van der Waals surface area contributed by atoms with E-state index in [0.29, 0.717) is 49.2 Å². The maximum absolute atomic E-state index is 14.8. The van der Waals surface area contributed by atoms with Gasteiger partial charge < -0.3 is 71.6 Å². The van der Waals surface area contributed by atoms with Gasteiger partial charge in [-0.1, -0.05) is 79.8 Å². The molecule has 0 aliphatic carbocycles. The summed E-state index contributed by atoms with van der Waals surface area (Å²) in [6.07, 6.45) is 8.61. The molecule has 30 heteroatoms. The maximum Gasteiger partial charge on any atom is 0.420 e. The molecule has 1 aromatic carbocycles. The molecule has 2 unspecified atom stereocenters. The van der Waals surface area contributed by atoms with Crippen LogP contribution >= 0.6 is 0 Å². The molecule has 4 saturated heterocycles. The lowest BCUT2D eigenvalue weighted by atomic mass is 9.72. The van der Waals surface area contributed by atoms with Gasteiger partial charge in [-0.3, -0.25) is 43.6 Å². The SMILES string of the molecule is C=C[C@]1(OC(=O)n2ccnc2)/C=C(\C)C(=O)[C@H](C)C[C@](C)(OC)[C@H](OC2O[C@H](C)C[C@H](N(C)C)[C@H]2OC(=O)c2ccccc2)[C@@H](C)C(=O)[C@@H](C)C(=O)O[C@@H]1CC.C=C[C@]12OC(=O)N(CCCCn3cnc(-c4cnccn4)c3)[C@@H]1[C@@H](C)C(=O)[C@H](C)C[C@](C)(OC)[C@H](OC1O[C@H](C)C[C@H](N(C)C)[C@H]1O)[C@@H](C)C(=O)[C@@H](C)C(=O)O[C@@H]2CC. The van der Waals surface area contributed by atoms with Crippen LogP contribution in [-0.2, 0) is 87.4 Å². The molecule has 0 radical (unpaired) electrons. The number of carbonyl (C=O) groups is 9. The molecule has 4 fully saturated rings. The van der Waals surface area contributed by atoms with Crippen LogP contribution in [0, 0.1) is 41.4 Å². The number of unbranched alkanes of at least 4 members (excludes halogenated alkanes) is 1. The first-order valence-electron chi connectivity index (χ1n) is 39.8. The fraction of sp³-hybridized carbons (Fsp3) is 0.635. The van der Waals surface area contributed by atoms with Crippen molar-refractivity contribution in [3.05, 3.63) is 123 Å². The van der Waals surface area contributed by atoms with Gasteiger partial charge in [0.2, 0.25) is 0 Å². The van der Waals surface area contributed by atoms with Crippen LogP contribution in [0.15, 0.2) is 117 Å². The third kappa shape index (κ3) is 20.7. The Hall–Kier alpha value is -8.59. The van der Waals surface area contributed by atoms with Crippen LogP contribution in [0.5, 0.6) is 0 Å². The molecule has 1 amide bonds. The van der Waals surface area contributed by atoms with Gasteiger partial charge in [0.15, 0.2) is 47.2 Å². The Bertz CT molecular complexity index is 4050. The summed E-state index contributed by atoms with van der Waals surface area (Å²) >= 11 is 0. The fourth-order valence-corrected chi connectivity index (χ4v) is 17.0. The van der Waals surface area contributed by atoms with Gasteiger partial charge in [0.05, 0.1) is 65.8 Å². The number of hydrogen-bond donors (Lipinski definition) is 1. The summed E-state index contributed by atoms with van der Waals surface area (Å²) in [6, 6.07) is 7.04. The predicted molar refractivity (Wildman–Crippen MR) is 422 cm³/mol. The van der Waals surface area contributed by atoms with Gasteiger partial charge >= 0.3 is 30.1 Å². The Labute approximate surface area is 675 Å². The van der Waals surface area contributed by atoms with E-state index in [1.807, 2.05) is 62.6 Å². The minimum Gasteiger partial charge on any atom is -0.457 e. The van der Waals surface area contributed by atoms with Crippen LogP contribution in [0.4, 0.5) is 9.59 Å². The monoisotopic (exact) mass is 1600 g/mol. The van der Waals surface area contributed by atoms with Crippen molar-refractivity contribution >= 4 is 53.2 Å². The molecule has 30 nitrogen and oxygen atoms in total. The number of aliphatic hydroxyl groups excluding tert-OH is 1. The minimum absolute atomic E-state index is 0.0512. The quantitative estimate of drug-likeness (QED) is 0.0266. The van der Waals surface area contributed by atoms with Crippen LogP contribution in [0.25, 0.3) is 11.4 Å². The summed E-state index contributed by atoms with van der Waals surface area (Å²) in [5, 5.41) is 11.5. The van der Waals surface area contributed by atoms with E-state index in [2.05, 4.69) is 33.1 Å². The lowest BCUT2D eigenvalue weighted by Gasteiger charge is -2.47. The molecule has 0 bridgehead atoms. The van der Waals surface area contributed by atoms with Crippen molar-refractivity contribution < 1.29 is 100 Å². The Morgan fingerprint density at radius 2 is 1.23 bits per heavy atom. The third-order valence-electron chi connectivity index (χ3n) is 23.7. The number of fused-ring (bicyclic) bond motifs is 1. The second-order valence-electron chi connectivity index (χ2n) is 32.4. The molecule has 115 heavy (non-hydrogen) atoms. The largest absolute Gasteiger partial charge is 0.457 e. The molecule has 8 heterocycles. The van der Waals surface area contributed by atoms with Gasteiger partial charge in [-0.15, -0.1) is 0 Å². The normalized spacial score (nSPS) is 35.3. The molecule has 0 spiro atoms. The number of esters is 3. The van der Waals surface area contributed by atoms with Crippen molar-refractivity contribution in [3.8, 4) is 11.4 Å². The number of carbonyl (C=O) groups excluding carboxylic acids is 9. The number of Topliss-reactive ketones (excluding diaryl/α,β-unsaturated/α-hetero) is 4. The average Bonchev–Trinajstić information content (AvgIpc) is 1.60. The third-order valence-corrected chi connectivity index (χ3v) is 23.7. The average molecular weight is 1600 g/mol. The standard InChI is InChI=1S/C43H64N6O10.C42H57N3O11/c1-12-33-43(13-2)37(49(41(54)59-43)19-15-14-18-48-23-31(46-24-48)30-22-44-16-17-45-30)27(5)34(50)25(3)21-42(8,55-11)38(28(6)35(51)29(7)39(53)57-33)58-40-36(52)32(47(9)10)20-26(4)56-40;1-12-32-42(13-2,56-40(50)45-20-19-43-24-45)23-26(4)33(46)25(3)22-41(8,51-11)36(28(6)34(47)29(7)37(48)53-32)55-39-35(31(44(9)10)21-27(5)52-39)54-38(49)30-17-15-14-16-18-30/h13,16-17,22-29,32-33,36-38,40,52H,2,12,14-15,18-21H2,1,3-11H3;13-20,23-25,27-29,31-32,35-36,39H,2,12,21-22H2,1,3-11H3/b;26-23+/t25-,26-,27+,28+,29-,32+,33-,36-,37-,38-,40?,42+,43-;25-,27-,28+,29-,31+,32-,35-,36-,39?,41+,42+/m11/s1. The first kappa shape index (κ1) is 91.9. The zero-order valence-corrected chi connectivity index (χ0v) is 70.4. The smallest absolute Gasteiger partial charge is 0.420 e. The zero-order chi connectivity index (χ0) is 84.9. The molecule has 9 rings (SSSR count). The number of aromatic nitrogens is 6. The Kier molecular flexibility index (Phi) is 31.6. The lowest BCUT2D eigenvalue weighted by molar-refractivity contribution is -0.295. The van der Waals surface area contributed by atoms with E-state index >= 15 is 0 Å². The summed E-state index contributed by atoms with van der Waals surface area (Å²) in [5.74, 6) is -10.7. The number of hydrogen-bond acceptors (Lipinski definition) is 27. The fourth-order valence-electron chi connectivity index (χ4n) is 17.0. The Balaban J connectivity index is 0.000000288. The Morgan fingerprint density at radius 1 is 0.670 bits per heavy atom. The van der Waals surface area contributed by atoms with Gasteiger partial charge in [-0.25, -0.2) is 28.9 Å². The predicted octanol–water partition coefficient (Wildman–Crippen LogP) is 10.1. The number of imidazole rings is 2. The molecule has 5 aliphatic rings.